The summed E-state index contributed by atoms with van der Waals surface area (Å²) in [7, 11) is 0. The number of hydrogen-bond acceptors (Lipinski definition) is 4. The smallest absolute Gasteiger partial charge is 0.326 e. The molecule has 2 amide bonds. The minimum absolute atomic E-state index is 0.0957. The molecule has 1 aliphatic rings. The molecule has 1 heterocycles. The number of amides is 2. The summed E-state index contributed by atoms with van der Waals surface area (Å²) in [5, 5.41) is 14.3. The molecule has 0 radical (unpaired) electrons. The quantitative estimate of drug-likeness (QED) is 0.568. The largest absolute Gasteiger partial charge is 0.480 e. The van der Waals surface area contributed by atoms with Gasteiger partial charge in [0.15, 0.2) is 0 Å². The zero-order valence-electron chi connectivity index (χ0n) is 12.9. The average Bonchev–Trinajstić information content (AvgIpc) is 2.49. The van der Waals surface area contributed by atoms with Gasteiger partial charge in [-0.2, -0.15) is 0 Å². The molecule has 0 aromatic heterocycles. The fourth-order valence-electron chi connectivity index (χ4n) is 2.20. The molecule has 2 atom stereocenters. The van der Waals surface area contributed by atoms with E-state index in [4.69, 9.17) is 9.84 Å². The van der Waals surface area contributed by atoms with Crippen molar-refractivity contribution in [1.29, 1.82) is 0 Å². The van der Waals surface area contributed by atoms with Gasteiger partial charge in [-0.1, -0.05) is 20.3 Å². The number of morpholine rings is 1. The van der Waals surface area contributed by atoms with Gasteiger partial charge in [0.25, 0.3) is 0 Å². The Morgan fingerprint density at radius 2 is 2.00 bits per heavy atom. The molecule has 2 unspecified atom stereocenters. The van der Waals surface area contributed by atoms with E-state index in [1.807, 2.05) is 13.8 Å². The van der Waals surface area contributed by atoms with Crippen LogP contribution in [0, 0.1) is 5.92 Å². The van der Waals surface area contributed by atoms with Crippen LogP contribution in [0.5, 0.6) is 0 Å². The molecule has 0 aromatic carbocycles. The molecule has 1 rings (SSSR count). The van der Waals surface area contributed by atoms with Crippen LogP contribution in [-0.2, 0) is 9.53 Å². The summed E-state index contributed by atoms with van der Waals surface area (Å²) < 4.78 is 5.27. The number of aliphatic carboxylic acids is 1. The normalized spacial score (nSPS) is 18.8. The lowest BCUT2D eigenvalue weighted by Crippen LogP contribution is -2.49. The number of nitrogens with zero attached hydrogens (tertiary/aromatic N) is 1. The van der Waals surface area contributed by atoms with Gasteiger partial charge in [-0.15, -0.1) is 0 Å². The molecule has 122 valence electrons. The third kappa shape index (κ3) is 6.77. The van der Waals surface area contributed by atoms with E-state index in [0.717, 1.165) is 39.3 Å². The second-order valence-corrected chi connectivity index (χ2v) is 5.41. The first-order valence-corrected chi connectivity index (χ1v) is 7.61. The van der Waals surface area contributed by atoms with Gasteiger partial charge < -0.3 is 20.5 Å². The molecule has 1 fully saturated rings. The first-order valence-electron chi connectivity index (χ1n) is 7.61. The third-order valence-corrected chi connectivity index (χ3v) is 3.81. The second-order valence-electron chi connectivity index (χ2n) is 5.41. The Balaban J connectivity index is 2.18. The van der Waals surface area contributed by atoms with Crippen LogP contribution in [-0.4, -0.2) is 67.4 Å². The Bertz CT molecular complexity index is 332. The van der Waals surface area contributed by atoms with Gasteiger partial charge in [0.2, 0.25) is 0 Å². The van der Waals surface area contributed by atoms with Crippen molar-refractivity contribution in [3.05, 3.63) is 0 Å². The summed E-state index contributed by atoms with van der Waals surface area (Å²) in [6.07, 6.45) is 1.54. The molecule has 0 aliphatic carbocycles. The highest BCUT2D eigenvalue weighted by Gasteiger charge is 2.25. The predicted octanol–water partition coefficient (Wildman–Crippen LogP) is 0.507. The summed E-state index contributed by atoms with van der Waals surface area (Å²) in [4.78, 5) is 25.1. The fourth-order valence-corrected chi connectivity index (χ4v) is 2.20. The van der Waals surface area contributed by atoms with Crippen LogP contribution in [0.15, 0.2) is 0 Å². The number of ether oxygens (including phenoxy) is 1. The molecule has 1 aliphatic heterocycles. The van der Waals surface area contributed by atoms with Crippen LogP contribution in [0.1, 0.15) is 26.7 Å². The highest BCUT2D eigenvalue weighted by atomic mass is 16.5. The van der Waals surface area contributed by atoms with E-state index < -0.39 is 18.0 Å². The van der Waals surface area contributed by atoms with Crippen LogP contribution in [0.2, 0.25) is 0 Å². The summed E-state index contributed by atoms with van der Waals surface area (Å²) in [6.45, 7) is 8.57. The molecule has 0 aromatic rings. The van der Waals surface area contributed by atoms with E-state index in [1.165, 1.54) is 0 Å². The Kier molecular flexibility index (Phi) is 8.07. The van der Waals surface area contributed by atoms with E-state index in [2.05, 4.69) is 15.5 Å². The van der Waals surface area contributed by atoms with Gasteiger partial charge in [0, 0.05) is 19.6 Å². The van der Waals surface area contributed by atoms with E-state index in [1.54, 1.807) is 0 Å². The Morgan fingerprint density at radius 1 is 1.33 bits per heavy atom. The lowest BCUT2D eigenvalue weighted by atomic mass is 9.99. The molecule has 0 bridgehead atoms. The molecule has 7 heteroatoms. The van der Waals surface area contributed by atoms with E-state index >= 15 is 0 Å². The molecule has 21 heavy (non-hydrogen) atoms. The van der Waals surface area contributed by atoms with Gasteiger partial charge in [0.05, 0.1) is 13.2 Å². The Labute approximate surface area is 126 Å². The number of carboxylic acids is 1. The van der Waals surface area contributed by atoms with Gasteiger partial charge in [-0.25, -0.2) is 9.59 Å². The van der Waals surface area contributed by atoms with Crippen molar-refractivity contribution in [1.82, 2.24) is 15.5 Å². The highest BCUT2D eigenvalue weighted by molar-refractivity contribution is 5.82. The maximum atomic E-state index is 11.7. The topological polar surface area (TPSA) is 90.9 Å². The van der Waals surface area contributed by atoms with Crippen molar-refractivity contribution in [3.63, 3.8) is 0 Å². The SMILES string of the molecule is CCC(C)C(NC(=O)NCCCN1CCOCC1)C(=O)O. The maximum Gasteiger partial charge on any atom is 0.326 e. The van der Waals surface area contributed by atoms with Gasteiger partial charge in [0.1, 0.15) is 6.04 Å². The number of carboxylic acid groups (broad SMARTS) is 1. The van der Waals surface area contributed by atoms with Crippen molar-refractivity contribution in [2.75, 3.05) is 39.4 Å². The Hall–Kier alpha value is -1.34. The summed E-state index contributed by atoms with van der Waals surface area (Å²) in [5.41, 5.74) is 0. The molecular formula is C14H27N3O4. The lowest BCUT2D eigenvalue weighted by Gasteiger charge is -2.26. The minimum Gasteiger partial charge on any atom is -0.480 e. The van der Waals surface area contributed by atoms with E-state index in [9.17, 15) is 9.59 Å². The standard InChI is InChI=1S/C14H27N3O4/c1-3-11(2)12(13(18)19)16-14(20)15-5-4-6-17-7-9-21-10-8-17/h11-12H,3-10H2,1-2H3,(H,18,19)(H2,15,16,20). The van der Waals surface area contributed by atoms with Crippen LogP contribution >= 0.6 is 0 Å². The summed E-state index contributed by atoms with van der Waals surface area (Å²) >= 11 is 0. The second kappa shape index (κ2) is 9.57. The molecule has 0 spiro atoms. The van der Waals surface area contributed by atoms with Crippen LogP contribution in [0.25, 0.3) is 0 Å². The lowest BCUT2D eigenvalue weighted by molar-refractivity contribution is -0.140. The number of nitrogens with one attached hydrogen (secondary N) is 2. The molecular weight excluding hydrogens is 274 g/mol. The average molecular weight is 301 g/mol. The van der Waals surface area contributed by atoms with Crippen molar-refractivity contribution < 1.29 is 19.4 Å². The van der Waals surface area contributed by atoms with Crippen molar-refractivity contribution in [2.45, 2.75) is 32.7 Å². The summed E-state index contributed by atoms with van der Waals surface area (Å²) in [5.74, 6) is -1.09. The zero-order valence-corrected chi connectivity index (χ0v) is 12.9. The van der Waals surface area contributed by atoms with Crippen molar-refractivity contribution in [2.24, 2.45) is 5.92 Å². The number of carbonyl (C=O) groups excluding carboxylic acids is 1. The zero-order chi connectivity index (χ0) is 15.7. The van der Waals surface area contributed by atoms with Crippen LogP contribution < -0.4 is 10.6 Å². The number of carbonyl (C=O) groups is 2. The van der Waals surface area contributed by atoms with E-state index in [-0.39, 0.29) is 5.92 Å². The monoisotopic (exact) mass is 301 g/mol. The molecule has 7 nitrogen and oxygen atoms in total. The highest BCUT2D eigenvalue weighted by Crippen LogP contribution is 2.07. The van der Waals surface area contributed by atoms with Crippen LogP contribution in [0.4, 0.5) is 4.79 Å². The number of rotatable bonds is 8. The molecule has 3 N–H and O–H groups in total. The number of urea groups is 1. The first-order chi connectivity index (χ1) is 10.0. The summed E-state index contributed by atoms with van der Waals surface area (Å²) in [6, 6.07) is -1.25. The van der Waals surface area contributed by atoms with Crippen molar-refractivity contribution in [3.8, 4) is 0 Å². The predicted molar refractivity (Wildman–Crippen MR) is 79.3 cm³/mol. The Morgan fingerprint density at radius 3 is 2.57 bits per heavy atom. The van der Waals surface area contributed by atoms with Crippen molar-refractivity contribution >= 4 is 12.0 Å². The fraction of sp³-hybridized carbons (Fsp3) is 0.857. The minimum atomic E-state index is -0.993. The first kappa shape index (κ1) is 17.7. The maximum absolute atomic E-state index is 11.7. The number of hydrogen-bond donors (Lipinski definition) is 3. The van der Waals surface area contributed by atoms with Gasteiger partial charge >= 0.3 is 12.0 Å². The van der Waals surface area contributed by atoms with Gasteiger partial charge in [-0.3, -0.25) is 4.90 Å². The molecule has 1 saturated heterocycles. The third-order valence-electron chi connectivity index (χ3n) is 3.81. The van der Waals surface area contributed by atoms with Crippen LogP contribution in [0.3, 0.4) is 0 Å². The van der Waals surface area contributed by atoms with E-state index in [0.29, 0.717) is 13.0 Å². The van der Waals surface area contributed by atoms with Gasteiger partial charge in [-0.05, 0) is 18.9 Å². The molecule has 0 saturated carbocycles.